The number of aromatic nitrogens is 1. The van der Waals surface area contributed by atoms with E-state index in [0.717, 1.165) is 11.3 Å². The summed E-state index contributed by atoms with van der Waals surface area (Å²) < 4.78 is 15.9. The average molecular weight is 393 g/mol. The molecule has 1 amide bonds. The standard InChI is InChI=1S/C22H23N3O4/c1-14-5-7-19(27-2)18(9-14)25-22(26)15-10-17(13-23-12-15)24-16-6-8-20(28-3)21(11-16)29-4/h5-13,24H,1-4H3,(H,25,26). The molecule has 0 saturated heterocycles. The van der Waals surface area contributed by atoms with E-state index in [2.05, 4.69) is 15.6 Å². The number of benzene rings is 2. The maximum absolute atomic E-state index is 12.7. The zero-order chi connectivity index (χ0) is 20.8. The molecule has 7 heteroatoms. The van der Waals surface area contributed by atoms with Gasteiger partial charge in [0.05, 0.1) is 44.5 Å². The van der Waals surface area contributed by atoms with Crippen molar-refractivity contribution in [2.75, 3.05) is 32.0 Å². The average Bonchev–Trinajstić information content (AvgIpc) is 2.74. The van der Waals surface area contributed by atoms with Crippen LogP contribution in [-0.4, -0.2) is 32.2 Å². The summed E-state index contributed by atoms with van der Waals surface area (Å²) >= 11 is 0. The lowest BCUT2D eigenvalue weighted by atomic mass is 10.2. The molecule has 0 aliphatic heterocycles. The summed E-state index contributed by atoms with van der Waals surface area (Å²) in [6.07, 6.45) is 3.15. The Balaban J connectivity index is 1.79. The van der Waals surface area contributed by atoms with Crippen molar-refractivity contribution in [3.05, 3.63) is 66.0 Å². The number of carbonyl (C=O) groups is 1. The van der Waals surface area contributed by atoms with Gasteiger partial charge in [-0.3, -0.25) is 9.78 Å². The first-order chi connectivity index (χ1) is 14.0. The summed E-state index contributed by atoms with van der Waals surface area (Å²) in [7, 11) is 4.73. The van der Waals surface area contributed by atoms with Gasteiger partial charge in [-0.15, -0.1) is 0 Å². The molecule has 0 radical (unpaired) electrons. The fourth-order valence-corrected chi connectivity index (χ4v) is 2.83. The molecular formula is C22H23N3O4. The zero-order valence-corrected chi connectivity index (χ0v) is 16.8. The molecule has 0 bridgehead atoms. The molecule has 3 rings (SSSR count). The van der Waals surface area contributed by atoms with E-state index in [4.69, 9.17) is 14.2 Å². The van der Waals surface area contributed by atoms with Crippen LogP contribution >= 0.6 is 0 Å². The molecular weight excluding hydrogens is 370 g/mol. The highest BCUT2D eigenvalue weighted by molar-refractivity contribution is 6.05. The lowest BCUT2D eigenvalue weighted by molar-refractivity contribution is 0.102. The third kappa shape index (κ3) is 4.76. The van der Waals surface area contributed by atoms with Gasteiger partial charge in [-0.1, -0.05) is 6.07 Å². The van der Waals surface area contributed by atoms with Crippen LogP contribution in [0.4, 0.5) is 17.1 Å². The molecule has 0 aliphatic carbocycles. The van der Waals surface area contributed by atoms with E-state index in [-0.39, 0.29) is 5.91 Å². The van der Waals surface area contributed by atoms with Gasteiger partial charge in [0, 0.05) is 18.0 Å². The van der Waals surface area contributed by atoms with Crippen molar-refractivity contribution in [1.29, 1.82) is 0 Å². The SMILES string of the molecule is COc1ccc(C)cc1NC(=O)c1cncc(Nc2ccc(OC)c(OC)c2)c1. The van der Waals surface area contributed by atoms with Gasteiger partial charge in [-0.05, 0) is 42.8 Å². The Morgan fingerprint density at radius 1 is 0.828 bits per heavy atom. The van der Waals surface area contributed by atoms with Gasteiger partial charge in [-0.25, -0.2) is 0 Å². The minimum atomic E-state index is -0.280. The highest BCUT2D eigenvalue weighted by Gasteiger charge is 2.12. The van der Waals surface area contributed by atoms with E-state index < -0.39 is 0 Å². The third-order valence-corrected chi connectivity index (χ3v) is 4.28. The van der Waals surface area contributed by atoms with Crippen LogP contribution in [-0.2, 0) is 0 Å². The Labute approximate surface area is 169 Å². The monoisotopic (exact) mass is 393 g/mol. The fourth-order valence-electron chi connectivity index (χ4n) is 2.83. The highest BCUT2D eigenvalue weighted by atomic mass is 16.5. The van der Waals surface area contributed by atoms with Crippen LogP contribution in [0.3, 0.4) is 0 Å². The summed E-state index contributed by atoms with van der Waals surface area (Å²) in [5, 5.41) is 6.09. The zero-order valence-electron chi connectivity index (χ0n) is 16.8. The van der Waals surface area contributed by atoms with Gasteiger partial charge in [0.1, 0.15) is 5.75 Å². The molecule has 0 unspecified atom stereocenters. The number of ether oxygens (including phenoxy) is 3. The molecule has 1 aromatic heterocycles. The molecule has 2 aromatic carbocycles. The second kappa shape index (κ2) is 8.97. The number of carbonyl (C=O) groups excluding carboxylic acids is 1. The van der Waals surface area contributed by atoms with E-state index in [1.165, 1.54) is 6.20 Å². The van der Waals surface area contributed by atoms with Crippen molar-refractivity contribution in [2.24, 2.45) is 0 Å². The minimum absolute atomic E-state index is 0.280. The highest BCUT2D eigenvalue weighted by Crippen LogP contribution is 2.31. The normalized spacial score (nSPS) is 10.2. The summed E-state index contributed by atoms with van der Waals surface area (Å²) in [6.45, 7) is 1.95. The van der Waals surface area contributed by atoms with E-state index in [1.807, 2.05) is 37.3 Å². The largest absolute Gasteiger partial charge is 0.495 e. The lowest BCUT2D eigenvalue weighted by Crippen LogP contribution is -2.13. The van der Waals surface area contributed by atoms with E-state index in [0.29, 0.717) is 34.2 Å². The van der Waals surface area contributed by atoms with E-state index in [1.54, 1.807) is 39.7 Å². The van der Waals surface area contributed by atoms with Gasteiger partial charge in [0.25, 0.3) is 5.91 Å². The number of hydrogen-bond acceptors (Lipinski definition) is 6. The first kappa shape index (κ1) is 20.0. The topological polar surface area (TPSA) is 81.7 Å². The first-order valence-electron chi connectivity index (χ1n) is 8.94. The van der Waals surface area contributed by atoms with Gasteiger partial charge < -0.3 is 24.8 Å². The number of hydrogen-bond donors (Lipinski definition) is 2. The van der Waals surface area contributed by atoms with Gasteiger partial charge in [-0.2, -0.15) is 0 Å². The number of aryl methyl sites for hydroxylation is 1. The van der Waals surface area contributed by atoms with Gasteiger partial charge in [0.15, 0.2) is 11.5 Å². The summed E-state index contributed by atoms with van der Waals surface area (Å²) in [5.74, 6) is 1.55. The Morgan fingerprint density at radius 2 is 1.55 bits per heavy atom. The molecule has 2 N–H and O–H groups in total. The number of methoxy groups -OCH3 is 3. The Kier molecular flexibility index (Phi) is 6.19. The molecule has 0 atom stereocenters. The van der Waals surface area contributed by atoms with Crippen molar-refractivity contribution >= 4 is 23.0 Å². The van der Waals surface area contributed by atoms with E-state index in [9.17, 15) is 4.79 Å². The number of nitrogens with one attached hydrogen (secondary N) is 2. The molecule has 7 nitrogen and oxygen atoms in total. The van der Waals surface area contributed by atoms with Crippen LogP contribution in [0.5, 0.6) is 17.2 Å². The number of amides is 1. The molecule has 3 aromatic rings. The maximum atomic E-state index is 12.7. The van der Waals surface area contributed by atoms with Crippen molar-refractivity contribution < 1.29 is 19.0 Å². The van der Waals surface area contributed by atoms with Crippen LogP contribution in [0.15, 0.2) is 54.9 Å². The van der Waals surface area contributed by atoms with Crippen LogP contribution in [0.1, 0.15) is 15.9 Å². The number of anilines is 3. The van der Waals surface area contributed by atoms with Crippen LogP contribution in [0.2, 0.25) is 0 Å². The lowest BCUT2D eigenvalue weighted by Gasteiger charge is -2.13. The fraction of sp³-hybridized carbons (Fsp3) is 0.182. The molecule has 1 heterocycles. The van der Waals surface area contributed by atoms with Gasteiger partial charge >= 0.3 is 0 Å². The smallest absolute Gasteiger partial charge is 0.257 e. The quantitative estimate of drug-likeness (QED) is 0.619. The van der Waals surface area contributed by atoms with Crippen molar-refractivity contribution in [3.8, 4) is 17.2 Å². The minimum Gasteiger partial charge on any atom is -0.495 e. The summed E-state index contributed by atoms with van der Waals surface area (Å²) in [6, 6.07) is 12.8. The molecule has 0 saturated carbocycles. The Hall–Kier alpha value is -3.74. The predicted molar refractivity (Wildman–Crippen MR) is 113 cm³/mol. The van der Waals surface area contributed by atoms with Gasteiger partial charge in [0.2, 0.25) is 0 Å². The number of nitrogens with zero attached hydrogens (tertiary/aromatic N) is 1. The van der Waals surface area contributed by atoms with Crippen LogP contribution in [0, 0.1) is 6.92 Å². The molecule has 150 valence electrons. The maximum Gasteiger partial charge on any atom is 0.257 e. The first-order valence-corrected chi connectivity index (χ1v) is 8.94. The number of rotatable bonds is 7. The van der Waals surface area contributed by atoms with E-state index >= 15 is 0 Å². The number of pyridine rings is 1. The van der Waals surface area contributed by atoms with Crippen molar-refractivity contribution in [2.45, 2.75) is 6.92 Å². The van der Waals surface area contributed by atoms with Crippen LogP contribution < -0.4 is 24.8 Å². The third-order valence-electron chi connectivity index (χ3n) is 4.28. The second-order valence-corrected chi connectivity index (χ2v) is 6.31. The van der Waals surface area contributed by atoms with Crippen LogP contribution in [0.25, 0.3) is 0 Å². The summed E-state index contributed by atoms with van der Waals surface area (Å²) in [5.41, 5.74) is 3.49. The molecule has 0 fully saturated rings. The molecule has 0 aliphatic rings. The van der Waals surface area contributed by atoms with Crippen molar-refractivity contribution in [3.63, 3.8) is 0 Å². The predicted octanol–water partition coefficient (Wildman–Crippen LogP) is 4.41. The second-order valence-electron chi connectivity index (χ2n) is 6.31. The Morgan fingerprint density at radius 3 is 2.28 bits per heavy atom. The molecule has 29 heavy (non-hydrogen) atoms. The Bertz CT molecular complexity index is 1020. The molecule has 0 spiro atoms. The summed E-state index contributed by atoms with van der Waals surface area (Å²) in [4.78, 5) is 16.9. The van der Waals surface area contributed by atoms with Crippen molar-refractivity contribution in [1.82, 2.24) is 4.98 Å².